The quantitative estimate of drug-likeness (QED) is 0.340. The summed E-state index contributed by atoms with van der Waals surface area (Å²) in [6.07, 6.45) is 0. The molecule has 1 rings (SSSR count). The van der Waals surface area contributed by atoms with Crippen molar-refractivity contribution in [2.24, 2.45) is 0 Å². The van der Waals surface area contributed by atoms with Crippen LogP contribution in [0.15, 0.2) is 0 Å². The number of hydrogen-bond donors (Lipinski definition) is 1. The Balaban J connectivity index is 2.72. The second-order valence-corrected chi connectivity index (χ2v) is 1.76. The molecule has 4 heteroatoms. The lowest BCUT2D eigenvalue weighted by molar-refractivity contribution is -0.138. The van der Waals surface area contributed by atoms with E-state index in [1.165, 1.54) is 0 Å². The summed E-state index contributed by atoms with van der Waals surface area (Å²) >= 11 is 0. The summed E-state index contributed by atoms with van der Waals surface area (Å²) in [5, 5.41) is 2.34. The minimum atomic E-state index is -0.581. The number of nitrogens with one attached hydrogen (secondary N) is 1. The lowest BCUT2D eigenvalue weighted by atomic mass is 10.6. The predicted molar refractivity (Wildman–Crippen MR) is 33.3 cm³/mol. The van der Waals surface area contributed by atoms with Gasteiger partial charge in [-0.2, -0.15) is 0 Å². The first-order chi connectivity index (χ1) is 4.75. The van der Waals surface area contributed by atoms with E-state index in [1.807, 2.05) is 0 Å². The third-order valence-corrected chi connectivity index (χ3v) is 1.08. The van der Waals surface area contributed by atoms with Crippen molar-refractivity contribution in [2.75, 3.05) is 6.67 Å². The highest BCUT2D eigenvalue weighted by molar-refractivity contribution is 6.37. The molecular formula is C6H6N2O2. The fourth-order valence-electron chi connectivity index (χ4n) is 0.646. The molecule has 1 heterocycles. The Morgan fingerprint density at radius 1 is 1.60 bits per heavy atom. The van der Waals surface area contributed by atoms with Crippen molar-refractivity contribution in [3.63, 3.8) is 0 Å². The van der Waals surface area contributed by atoms with Crippen LogP contribution >= 0.6 is 0 Å². The number of carbonyl (C=O) groups is 2. The van der Waals surface area contributed by atoms with Crippen molar-refractivity contribution < 1.29 is 9.59 Å². The van der Waals surface area contributed by atoms with E-state index in [0.29, 0.717) is 0 Å². The molecule has 1 fully saturated rings. The Morgan fingerprint density at radius 2 is 2.30 bits per heavy atom. The summed E-state index contributed by atoms with van der Waals surface area (Å²) in [6, 6.07) is 2.48. The minimum Gasteiger partial charge on any atom is -0.329 e. The van der Waals surface area contributed by atoms with Crippen molar-refractivity contribution in [3.8, 4) is 12.0 Å². The van der Waals surface area contributed by atoms with Crippen LogP contribution in [0.2, 0.25) is 0 Å². The summed E-state index contributed by atoms with van der Waals surface area (Å²) in [7, 11) is 0. The van der Waals surface area contributed by atoms with Crippen molar-refractivity contribution >= 4 is 11.8 Å². The highest BCUT2D eigenvalue weighted by Crippen LogP contribution is 1.92. The Kier molecular flexibility index (Phi) is 1.59. The largest absolute Gasteiger partial charge is 0.329 e. The summed E-state index contributed by atoms with van der Waals surface area (Å²) in [5.41, 5.74) is 0. The number of nitrogens with zero attached hydrogens (tertiary/aromatic N) is 1. The van der Waals surface area contributed by atoms with Gasteiger partial charge in [0.1, 0.15) is 6.67 Å². The Bertz CT molecular complexity index is 236. The second-order valence-electron chi connectivity index (χ2n) is 1.76. The fourth-order valence-corrected chi connectivity index (χ4v) is 0.646. The molecule has 1 aliphatic rings. The first-order valence-corrected chi connectivity index (χ1v) is 2.78. The third-order valence-electron chi connectivity index (χ3n) is 1.08. The van der Waals surface area contributed by atoms with E-state index in [9.17, 15) is 9.59 Å². The van der Waals surface area contributed by atoms with Gasteiger partial charge in [0.05, 0.1) is 0 Å². The monoisotopic (exact) mass is 138 g/mol. The molecule has 0 aromatic rings. The number of amides is 2. The van der Waals surface area contributed by atoms with Crippen LogP contribution in [0.1, 0.15) is 6.92 Å². The molecule has 0 radical (unpaired) electrons. The third kappa shape index (κ3) is 0.935. The number of hydrogen-bond acceptors (Lipinski definition) is 2. The molecule has 52 valence electrons. The summed E-state index contributed by atoms with van der Waals surface area (Å²) in [4.78, 5) is 22.3. The lowest BCUT2D eigenvalue weighted by Crippen LogP contribution is -2.22. The molecular weight excluding hydrogens is 132 g/mol. The van der Waals surface area contributed by atoms with E-state index >= 15 is 0 Å². The van der Waals surface area contributed by atoms with Crippen LogP contribution < -0.4 is 5.32 Å². The average Bonchev–Trinajstić information content (AvgIpc) is 2.20. The first-order valence-electron chi connectivity index (χ1n) is 2.78. The Morgan fingerprint density at radius 3 is 2.70 bits per heavy atom. The van der Waals surface area contributed by atoms with Gasteiger partial charge in [-0.15, -0.1) is 0 Å². The highest BCUT2D eigenvalue weighted by Gasteiger charge is 2.27. The van der Waals surface area contributed by atoms with Crippen LogP contribution in [-0.2, 0) is 9.59 Å². The van der Waals surface area contributed by atoms with Gasteiger partial charge in [-0.05, 0) is 6.92 Å². The maximum absolute atomic E-state index is 10.7. The topological polar surface area (TPSA) is 49.4 Å². The molecule has 0 bridgehead atoms. The number of carbonyl (C=O) groups excluding carboxylic acids is 2. The lowest BCUT2D eigenvalue weighted by Gasteiger charge is -1.99. The molecule has 0 unspecified atom stereocenters. The molecule has 4 nitrogen and oxygen atoms in total. The standard InChI is InChI=1S/C6H6N2O2/c1-2-3-8-4-7-5(9)6(8)10/h4H2,1H3,(H,7,9). The van der Waals surface area contributed by atoms with E-state index in [0.717, 1.165) is 4.90 Å². The van der Waals surface area contributed by atoms with Crippen LogP contribution in [0.3, 0.4) is 0 Å². The van der Waals surface area contributed by atoms with Crippen molar-refractivity contribution in [2.45, 2.75) is 6.92 Å². The molecule has 1 aliphatic heterocycles. The van der Waals surface area contributed by atoms with Gasteiger partial charge >= 0.3 is 11.8 Å². The van der Waals surface area contributed by atoms with Crippen LogP contribution in [0.25, 0.3) is 0 Å². The molecule has 0 atom stereocenters. The van der Waals surface area contributed by atoms with E-state index in [-0.39, 0.29) is 6.67 Å². The summed E-state index contributed by atoms with van der Waals surface area (Å²) in [5.74, 6) is 1.37. The maximum Gasteiger partial charge on any atom is 0.325 e. The van der Waals surface area contributed by atoms with Gasteiger partial charge in [0.25, 0.3) is 0 Å². The van der Waals surface area contributed by atoms with Crippen molar-refractivity contribution in [1.82, 2.24) is 10.2 Å². The van der Waals surface area contributed by atoms with Crippen LogP contribution in [0, 0.1) is 12.0 Å². The van der Waals surface area contributed by atoms with Crippen LogP contribution in [0.4, 0.5) is 0 Å². The van der Waals surface area contributed by atoms with E-state index in [4.69, 9.17) is 0 Å². The molecule has 1 saturated heterocycles. The maximum atomic E-state index is 10.7. The zero-order valence-electron chi connectivity index (χ0n) is 5.47. The molecule has 10 heavy (non-hydrogen) atoms. The van der Waals surface area contributed by atoms with Gasteiger partial charge < -0.3 is 5.32 Å². The average molecular weight is 138 g/mol. The van der Waals surface area contributed by atoms with Crippen molar-refractivity contribution in [3.05, 3.63) is 0 Å². The second kappa shape index (κ2) is 2.40. The predicted octanol–water partition coefficient (Wildman–Crippen LogP) is -1.12. The van der Waals surface area contributed by atoms with Crippen LogP contribution in [0.5, 0.6) is 0 Å². The van der Waals surface area contributed by atoms with Gasteiger partial charge in [0, 0.05) is 6.04 Å². The molecule has 1 N–H and O–H groups in total. The normalized spacial score (nSPS) is 16.3. The Labute approximate surface area is 58.2 Å². The van der Waals surface area contributed by atoms with Gasteiger partial charge in [0.2, 0.25) is 0 Å². The first kappa shape index (κ1) is 6.62. The summed E-state index contributed by atoms with van der Waals surface area (Å²) < 4.78 is 0. The van der Waals surface area contributed by atoms with Gasteiger partial charge in [-0.1, -0.05) is 5.92 Å². The molecule has 0 aliphatic carbocycles. The van der Waals surface area contributed by atoms with E-state index in [2.05, 4.69) is 17.3 Å². The van der Waals surface area contributed by atoms with E-state index in [1.54, 1.807) is 6.92 Å². The smallest absolute Gasteiger partial charge is 0.325 e. The SMILES string of the molecule is CC#CN1CNC(=O)C1=O. The highest BCUT2D eigenvalue weighted by atomic mass is 16.2. The number of rotatable bonds is 0. The zero-order chi connectivity index (χ0) is 7.56. The summed E-state index contributed by atoms with van der Waals surface area (Å²) in [6.45, 7) is 1.81. The van der Waals surface area contributed by atoms with Gasteiger partial charge in [0.15, 0.2) is 0 Å². The molecule has 2 amide bonds. The molecule has 0 aromatic heterocycles. The molecule has 0 aromatic carbocycles. The molecule has 0 spiro atoms. The van der Waals surface area contributed by atoms with Gasteiger partial charge in [-0.3, -0.25) is 9.59 Å². The van der Waals surface area contributed by atoms with Crippen LogP contribution in [-0.4, -0.2) is 23.4 Å². The van der Waals surface area contributed by atoms with E-state index < -0.39 is 11.8 Å². The molecule has 0 saturated carbocycles. The Hall–Kier alpha value is -1.50. The fraction of sp³-hybridized carbons (Fsp3) is 0.333. The van der Waals surface area contributed by atoms with Crippen molar-refractivity contribution in [1.29, 1.82) is 0 Å². The minimum absolute atomic E-state index is 0.207. The zero-order valence-corrected chi connectivity index (χ0v) is 5.47. The van der Waals surface area contributed by atoms with Gasteiger partial charge in [-0.25, -0.2) is 4.90 Å².